The van der Waals surface area contributed by atoms with E-state index < -0.39 is 16.0 Å². The molecule has 0 aliphatic rings. The second-order valence-electron chi connectivity index (χ2n) is 0.703. The number of halogens is 4. The molecule has 0 rings (SSSR count). The van der Waals surface area contributed by atoms with E-state index in [9.17, 15) is 8.78 Å². The first kappa shape index (κ1) is 11.5. The van der Waals surface area contributed by atoms with Gasteiger partial charge in [-0.1, -0.05) is 0 Å². The fourth-order valence-corrected chi connectivity index (χ4v) is 0. The Hall–Kier alpha value is 0.750. The maximum absolute atomic E-state index is 10.3. The van der Waals surface area contributed by atoms with Gasteiger partial charge in [0.2, 0.25) is 6.43 Å². The molecule has 0 N–H and O–H groups in total. The Kier molecular flexibility index (Phi) is 11.2. The van der Waals surface area contributed by atoms with E-state index in [0.717, 1.165) is 6.92 Å². The summed E-state index contributed by atoms with van der Waals surface area (Å²) in [5, 5.41) is 0. The number of hydrogen-bond donors (Lipinski definition) is 0. The monoisotopic (exact) mass is 184 g/mol. The number of hydrogen-bond acceptors (Lipinski definition) is 1. The summed E-state index contributed by atoms with van der Waals surface area (Å²) in [4.78, 5) is 0. The van der Waals surface area contributed by atoms with Crippen molar-refractivity contribution < 1.29 is 13.3 Å². The van der Waals surface area contributed by atoms with Gasteiger partial charge in [-0.15, -0.1) is 0 Å². The van der Waals surface area contributed by atoms with Crippen LogP contribution in [0.15, 0.2) is 0 Å². The van der Waals surface area contributed by atoms with Crippen molar-refractivity contribution in [2.24, 2.45) is 0 Å². The molecule has 0 saturated carbocycles. The molecule has 0 aromatic carbocycles. The Balaban J connectivity index is 0. The first-order chi connectivity index (χ1) is 3.46. The van der Waals surface area contributed by atoms with Crippen LogP contribution in [0, 0.1) is 0 Å². The predicted octanol–water partition coefficient (Wildman–Crippen LogP) is 2.31. The number of rotatable bonds is 0. The summed E-state index contributed by atoms with van der Waals surface area (Å²) in [5.41, 5.74) is 0. The van der Waals surface area contributed by atoms with Gasteiger partial charge in [0.25, 0.3) is 0 Å². The van der Waals surface area contributed by atoms with E-state index in [1.165, 1.54) is 0 Å². The molecule has 0 unspecified atom stereocenters. The van der Waals surface area contributed by atoms with Crippen molar-refractivity contribution in [3.8, 4) is 0 Å². The Morgan fingerprint density at radius 3 is 1.50 bits per heavy atom. The highest BCUT2D eigenvalue weighted by molar-refractivity contribution is 8.31. The van der Waals surface area contributed by atoms with E-state index in [4.69, 9.17) is 4.55 Å². The van der Waals surface area contributed by atoms with Gasteiger partial charge in [0, 0.05) is 0 Å². The molecular weight excluding hydrogens is 181 g/mol. The predicted molar refractivity (Wildman–Crippen MR) is 31.5 cm³/mol. The van der Waals surface area contributed by atoms with E-state index in [0.29, 0.717) is 0 Å². The highest BCUT2D eigenvalue weighted by Gasteiger charge is 1.83. The summed E-state index contributed by atoms with van der Waals surface area (Å²) in [6.07, 6.45) is -2.17. The standard InChI is InChI=1S/C2H4F2.Cl2OS/c1-2(3)4;1-4(2)3/h2H,1H3;. The fraction of sp³-hybridized carbons (Fsp3) is 1.00. The molecular formula is C2H4Cl2F2OS. The minimum absolute atomic E-state index is 0.833. The van der Waals surface area contributed by atoms with Gasteiger partial charge in [0.05, 0.1) is 0 Å². The van der Waals surface area contributed by atoms with Crippen molar-refractivity contribution in [3.63, 3.8) is 0 Å². The van der Waals surface area contributed by atoms with Gasteiger partial charge in [0.1, 0.15) is 0 Å². The van der Waals surface area contributed by atoms with Crippen molar-refractivity contribution in [2.75, 3.05) is 0 Å². The van der Waals surface area contributed by atoms with Crippen LogP contribution in [-0.4, -0.2) is 11.0 Å². The summed E-state index contributed by atoms with van der Waals surface area (Å²) in [6, 6.07) is 0. The lowest BCUT2D eigenvalue weighted by atomic mass is 10.9. The second kappa shape index (κ2) is 7.75. The van der Waals surface area contributed by atoms with Gasteiger partial charge in [0.15, 0.2) is 31.0 Å². The van der Waals surface area contributed by atoms with Crippen LogP contribution in [0.25, 0.3) is 0 Å². The molecule has 0 aliphatic carbocycles. The van der Waals surface area contributed by atoms with Gasteiger partial charge < -0.3 is 4.55 Å². The van der Waals surface area contributed by atoms with E-state index >= 15 is 0 Å². The molecule has 0 fully saturated rings. The molecule has 6 heteroatoms. The molecule has 0 saturated heterocycles. The minimum atomic E-state index is -2.17. The van der Waals surface area contributed by atoms with Crippen LogP contribution in [0.3, 0.4) is 0 Å². The average Bonchev–Trinajstić information content (AvgIpc) is 1.25. The third kappa shape index (κ3) is 397. The quantitative estimate of drug-likeness (QED) is 0.531. The zero-order valence-corrected chi connectivity index (χ0v) is 6.23. The van der Waals surface area contributed by atoms with Crippen molar-refractivity contribution in [1.82, 2.24) is 0 Å². The van der Waals surface area contributed by atoms with E-state index in [1.807, 2.05) is 0 Å². The van der Waals surface area contributed by atoms with Crippen molar-refractivity contribution in [1.29, 1.82) is 0 Å². The van der Waals surface area contributed by atoms with Crippen molar-refractivity contribution in [3.05, 3.63) is 0 Å². The molecule has 0 aliphatic heterocycles. The molecule has 0 aromatic rings. The summed E-state index contributed by atoms with van der Waals surface area (Å²) in [6.45, 7) is 0.833. The lowest BCUT2D eigenvalue weighted by molar-refractivity contribution is 0.171. The Labute approximate surface area is 58.1 Å². The molecule has 1 nitrogen and oxygen atoms in total. The van der Waals surface area contributed by atoms with Crippen molar-refractivity contribution >= 4 is 31.0 Å². The molecule has 0 aromatic heterocycles. The van der Waals surface area contributed by atoms with Crippen LogP contribution in [0.4, 0.5) is 8.78 Å². The molecule has 0 radical (unpaired) electrons. The van der Waals surface area contributed by atoms with Gasteiger partial charge in [-0.2, -0.15) is 0 Å². The van der Waals surface area contributed by atoms with Crippen LogP contribution in [-0.2, 0) is 9.60 Å². The maximum atomic E-state index is 10.3. The molecule has 0 atom stereocenters. The molecule has 0 spiro atoms. The summed E-state index contributed by atoms with van der Waals surface area (Å²) in [5.74, 6) is 0. The Bertz CT molecular complexity index is 33.5. The zero-order valence-electron chi connectivity index (χ0n) is 3.91. The summed E-state index contributed by atoms with van der Waals surface area (Å²) in [7, 11) is 7.36. The fourth-order valence-electron chi connectivity index (χ4n) is 0. The largest absolute Gasteiger partial charge is 0.582 e. The maximum Gasteiger partial charge on any atom is 0.235 e. The van der Waals surface area contributed by atoms with Crippen molar-refractivity contribution in [2.45, 2.75) is 13.3 Å². The normalized spacial score (nSPS) is 9.00. The SMILES string of the molecule is CC(F)F.[O-][S+](Cl)Cl. The molecule has 0 bridgehead atoms. The van der Waals surface area contributed by atoms with Gasteiger partial charge in [-0.3, -0.25) is 0 Å². The summed E-state index contributed by atoms with van der Waals surface area (Å²) < 4.78 is 29.8. The third-order valence-electron chi connectivity index (χ3n) is 0. The lowest BCUT2D eigenvalue weighted by Gasteiger charge is -1.73. The molecule has 8 heavy (non-hydrogen) atoms. The average molecular weight is 185 g/mol. The van der Waals surface area contributed by atoms with Gasteiger partial charge in [-0.05, 0) is 6.92 Å². The van der Waals surface area contributed by atoms with Crippen LogP contribution in [0.5, 0.6) is 0 Å². The van der Waals surface area contributed by atoms with Crippen LogP contribution in [0.2, 0.25) is 0 Å². The topological polar surface area (TPSA) is 23.1 Å². The molecule has 0 amide bonds. The van der Waals surface area contributed by atoms with Gasteiger partial charge in [-0.25, -0.2) is 8.78 Å². The van der Waals surface area contributed by atoms with Crippen LogP contribution < -0.4 is 0 Å². The Morgan fingerprint density at radius 2 is 1.50 bits per heavy atom. The van der Waals surface area contributed by atoms with E-state index in [1.54, 1.807) is 0 Å². The van der Waals surface area contributed by atoms with Crippen LogP contribution >= 0.6 is 21.4 Å². The first-order valence-electron chi connectivity index (χ1n) is 1.49. The van der Waals surface area contributed by atoms with Gasteiger partial charge >= 0.3 is 0 Å². The Morgan fingerprint density at radius 1 is 1.50 bits per heavy atom. The third-order valence-corrected chi connectivity index (χ3v) is 0. The highest BCUT2D eigenvalue weighted by Crippen LogP contribution is 1.98. The molecule has 0 heterocycles. The van der Waals surface area contributed by atoms with E-state index in [2.05, 4.69) is 21.4 Å². The summed E-state index contributed by atoms with van der Waals surface area (Å²) >= 11 is 0. The first-order valence-corrected chi connectivity index (χ1v) is 4.29. The van der Waals surface area contributed by atoms with E-state index in [-0.39, 0.29) is 0 Å². The highest BCUT2D eigenvalue weighted by atomic mass is 36.0. The number of alkyl halides is 2. The zero-order chi connectivity index (χ0) is 7.15. The second-order valence-corrected chi connectivity index (χ2v) is 3.23. The smallest absolute Gasteiger partial charge is 0.235 e. The minimum Gasteiger partial charge on any atom is -0.582 e. The lowest BCUT2D eigenvalue weighted by Crippen LogP contribution is -1.69. The molecule has 52 valence electrons. The van der Waals surface area contributed by atoms with Crippen LogP contribution in [0.1, 0.15) is 6.92 Å².